The number of hydrogen-bond acceptors (Lipinski definition) is 1. The average molecular weight is 240 g/mol. The molecule has 0 aromatic heterocycles. The molecule has 94 valence electrons. The highest BCUT2D eigenvalue weighted by Gasteiger charge is 2.22. The monoisotopic (exact) mass is 240 g/mol. The lowest BCUT2D eigenvalue weighted by Gasteiger charge is -2.30. The molecule has 1 aliphatic heterocycles. The van der Waals surface area contributed by atoms with Crippen LogP contribution in [0.15, 0.2) is 0 Å². The van der Waals surface area contributed by atoms with Gasteiger partial charge in [0, 0.05) is 0 Å². The van der Waals surface area contributed by atoms with Crippen LogP contribution in [0.3, 0.4) is 0 Å². The smallest absolute Gasteiger partial charge is 0.00365 e. The molecule has 1 atom stereocenters. The van der Waals surface area contributed by atoms with E-state index in [-0.39, 0.29) is 0 Å². The maximum Gasteiger partial charge on any atom is -0.00365 e. The van der Waals surface area contributed by atoms with E-state index in [4.69, 9.17) is 0 Å². The Bertz CT molecular complexity index is 142. The van der Waals surface area contributed by atoms with E-state index >= 15 is 0 Å². The van der Waals surface area contributed by atoms with Gasteiger partial charge in [0.25, 0.3) is 0 Å². The highest BCUT2D eigenvalue weighted by atomic mass is 32.2. The fraction of sp³-hybridized carbons (Fsp3) is 1.00. The Morgan fingerprint density at radius 1 is 0.562 bits per heavy atom. The Labute approximate surface area is 106 Å². The summed E-state index contributed by atoms with van der Waals surface area (Å²) in [5.74, 6) is 5.07. The van der Waals surface area contributed by atoms with Gasteiger partial charge in [-0.15, -0.1) is 0 Å². The maximum atomic E-state index is 2.24. The van der Waals surface area contributed by atoms with Crippen molar-refractivity contribution in [2.75, 3.05) is 11.5 Å². The van der Waals surface area contributed by atoms with Crippen LogP contribution in [-0.4, -0.2) is 11.5 Å². The predicted octanol–water partition coefficient (Wildman–Crippen LogP) is 5.27. The zero-order valence-electron chi connectivity index (χ0n) is 10.8. The third-order valence-corrected chi connectivity index (χ3v) is 5.75. The summed E-state index contributed by atoms with van der Waals surface area (Å²) in [5.41, 5.74) is 0. The molecule has 0 nitrogen and oxygen atoms in total. The second-order valence-electron chi connectivity index (χ2n) is 5.79. The third kappa shape index (κ3) is 4.31. The summed E-state index contributed by atoms with van der Waals surface area (Å²) in [6.45, 7) is 0. The Morgan fingerprint density at radius 3 is 1.88 bits per heavy atom. The lowest BCUT2D eigenvalue weighted by molar-refractivity contribution is 0.267. The molecule has 0 amide bonds. The van der Waals surface area contributed by atoms with Gasteiger partial charge in [0.1, 0.15) is 0 Å². The van der Waals surface area contributed by atoms with Crippen molar-refractivity contribution in [2.24, 2.45) is 11.8 Å². The van der Waals surface area contributed by atoms with Crippen molar-refractivity contribution in [1.82, 2.24) is 0 Å². The van der Waals surface area contributed by atoms with Crippen LogP contribution in [0, 0.1) is 11.8 Å². The summed E-state index contributed by atoms with van der Waals surface area (Å²) >= 11 is 2.24. The van der Waals surface area contributed by atoms with Gasteiger partial charge in [-0.1, -0.05) is 57.8 Å². The minimum atomic E-state index is 1.07. The summed E-state index contributed by atoms with van der Waals surface area (Å²) in [6.07, 6.45) is 16.7. The topological polar surface area (TPSA) is 0 Å². The SMILES string of the molecule is C1CCCC(C2CCCCCSC2)CCC1. The van der Waals surface area contributed by atoms with E-state index < -0.39 is 0 Å². The molecule has 2 rings (SSSR count). The van der Waals surface area contributed by atoms with Gasteiger partial charge in [-0.05, 0) is 36.2 Å². The normalized spacial score (nSPS) is 31.1. The number of thioether (sulfide) groups is 1. The van der Waals surface area contributed by atoms with E-state index in [1.54, 1.807) is 12.8 Å². The average Bonchev–Trinajstić information content (AvgIpc) is 2.18. The second kappa shape index (κ2) is 7.63. The van der Waals surface area contributed by atoms with E-state index in [9.17, 15) is 0 Å². The van der Waals surface area contributed by atoms with Crippen molar-refractivity contribution in [3.63, 3.8) is 0 Å². The first-order valence-electron chi connectivity index (χ1n) is 7.54. The van der Waals surface area contributed by atoms with Gasteiger partial charge in [-0.2, -0.15) is 11.8 Å². The fourth-order valence-corrected chi connectivity index (χ4v) is 4.75. The quantitative estimate of drug-likeness (QED) is 0.601. The molecule has 0 spiro atoms. The van der Waals surface area contributed by atoms with Crippen LogP contribution in [-0.2, 0) is 0 Å². The minimum absolute atomic E-state index is 1.07. The second-order valence-corrected chi connectivity index (χ2v) is 6.94. The minimum Gasteiger partial charge on any atom is -0.162 e. The predicted molar refractivity (Wildman–Crippen MR) is 75.1 cm³/mol. The van der Waals surface area contributed by atoms with Gasteiger partial charge in [0.05, 0.1) is 0 Å². The van der Waals surface area contributed by atoms with E-state index in [2.05, 4.69) is 11.8 Å². The molecule has 16 heavy (non-hydrogen) atoms. The summed E-state index contributed by atoms with van der Waals surface area (Å²) in [6, 6.07) is 0. The number of rotatable bonds is 1. The van der Waals surface area contributed by atoms with Crippen molar-refractivity contribution in [1.29, 1.82) is 0 Å². The van der Waals surface area contributed by atoms with Crippen molar-refractivity contribution >= 4 is 11.8 Å². The Balaban J connectivity index is 1.81. The molecule has 1 heterocycles. The van der Waals surface area contributed by atoms with E-state index in [0.29, 0.717) is 0 Å². The largest absolute Gasteiger partial charge is 0.162 e. The number of hydrogen-bond donors (Lipinski definition) is 0. The standard InChI is InChI=1S/C15H28S/c1-2-5-9-14(10-6-3-1)15-11-7-4-8-12-16-13-15/h14-15H,1-13H2. The molecular formula is C15H28S. The van der Waals surface area contributed by atoms with E-state index in [1.807, 2.05) is 0 Å². The molecule has 0 radical (unpaired) electrons. The van der Waals surface area contributed by atoms with Crippen LogP contribution in [0.2, 0.25) is 0 Å². The molecule has 1 aliphatic carbocycles. The van der Waals surface area contributed by atoms with Crippen molar-refractivity contribution in [2.45, 2.75) is 70.6 Å². The molecule has 2 aliphatic rings. The van der Waals surface area contributed by atoms with Crippen molar-refractivity contribution in [3.8, 4) is 0 Å². The zero-order chi connectivity index (χ0) is 11.1. The molecule has 0 aromatic carbocycles. The highest BCUT2D eigenvalue weighted by molar-refractivity contribution is 7.99. The molecule has 1 unspecified atom stereocenters. The summed E-state index contributed by atoms with van der Waals surface area (Å²) in [7, 11) is 0. The molecule has 2 fully saturated rings. The summed E-state index contributed by atoms with van der Waals surface area (Å²) in [5, 5.41) is 0. The maximum absolute atomic E-state index is 2.24. The Kier molecular flexibility index (Phi) is 6.11. The van der Waals surface area contributed by atoms with Gasteiger partial charge in [-0.3, -0.25) is 0 Å². The van der Waals surface area contributed by atoms with Gasteiger partial charge in [0.15, 0.2) is 0 Å². The molecule has 1 saturated heterocycles. The first-order valence-corrected chi connectivity index (χ1v) is 8.70. The Morgan fingerprint density at radius 2 is 1.12 bits per heavy atom. The van der Waals surface area contributed by atoms with Crippen LogP contribution in [0.5, 0.6) is 0 Å². The van der Waals surface area contributed by atoms with Gasteiger partial charge >= 0.3 is 0 Å². The van der Waals surface area contributed by atoms with Gasteiger partial charge in [0.2, 0.25) is 0 Å². The van der Waals surface area contributed by atoms with Crippen molar-refractivity contribution < 1.29 is 0 Å². The lowest BCUT2D eigenvalue weighted by Crippen LogP contribution is -2.20. The van der Waals surface area contributed by atoms with Crippen LogP contribution >= 0.6 is 11.8 Å². The van der Waals surface area contributed by atoms with Crippen LogP contribution in [0.4, 0.5) is 0 Å². The van der Waals surface area contributed by atoms with E-state index in [0.717, 1.165) is 11.8 Å². The lowest BCUT2D eigenvalue weighted by atomic mass is 9.80. The van der Waals surface area contributed by atoms with Crippen LogP contribution in [0.1, 0.15) is 70.6 Å². The molecular weight excluding hydrogens is 212 g/mol. The molecule has 0 N–H and O–H groups in total. The summed E-state index contributed by atoms with van der Waals surface area (Å²) < 4.78 is 0. The third-order valence-electron chi connectivity index (χ3n) is 4.51. The van der Waals surface area contributed by atoms with Crippen molar-refractivity contribution in [3.05, 3.63) is 0 Å². The van der Waals surface area contributed by atoms with Crippen LogP contribution in [0.25, 0.3) is 0 Å². The molecule has 1 heteroatoms. The molecule has 1 saturated carbocycles. The van der Waals surface area contributed by atoms with Gasteiger partial charge < -0.3 is 0 Å². The molecule has 0 bridgehead atoms. The first kappa shape index (κ1) is 12.8. The summed E-state index contributed by atoms with van der Waals surface area (Å²) in [4.78, 5) is 0. The first-order chi connectivity index (χ1) is 7.97. The molecule has 0 aromatic rings. The van der Waals surface area contributed by atoms with Gasteiger partial charge in [-0.25, -0.2) is 0 Å². The Hall–Kier alpha value is 0.350. The zero-order valence-corrected chi connectivity index (χ0v) is 11.6. The highest BCUT2D eigenvalue weighted by Crippen LogP contribution is 2.34. The fourth-order valence-electron chi connectivity index (χ4n) is 3.44. The van der Waals surface area contributed by atoms with E-state index in [1.165, 1.54) is 69.3 Å². The van der Waals surface area contributed by atoms with Crippen LogP contribution < -0.4 is 0 Å².